The standard InChI is InChI=1S/C18H22BN4O7P/c1-10-16(24)14(29-17(10)23-4-2-15(20)22-18(23)25)9-28-31(26)27-5-3-13(30-31)11-6-12(19)8-21-7-11/h2,4,6-8,10,13-14,16-17,24H,3,5,9H2,1H3,(H2,20,22,25)/t10-,13?,14+,16-,17+,31?/m0/s1. The van der Waals surface area contributed by atoms with E-state index in [0.717, 1.165) is 0 Å². The zero-order chi connectivity index (χ0) is 22.2. The van der Waals surface area contributed by atoms with Gasteiger partial charge < -0.3 is 15.6 Å². The van der Waals surface area contributed by atoms with Crippen molar-refractivity contribution in [2.45, 2.75) is 37.9 Å². The van der Waals surface area contributed by atoms with Crippen molar-refractivity contribution in [1.82, 2.24) is 14.5 Å². The minimum atomic E-state index is -3.91. The largest absolute Gasteiger partial charge is 0.475 e. The minimum Gasteiger partial charge on any atom is -0.390 e. The lowest BCUT2D eigenvalue weighted by Gasteiger charge is -2.29. The van der Waals surface area contributed by atoms with Gasteiger partial charge in [0.2, 0.25) is 0 Å². The number of aromatic nitrogens is 3. The molecule has 0 aliphatic carbocycles. The van der Waals surface area contributed by atoms with E-state index >= 15 is 0 Å². The summed E-state index contributed by atoms with van der Waals surface area (Å²) in [6.07, 6.45) is 1.77. The molecule has 11 nitrogen and oxygen atoms in total. The summed E-state index contributed by atoms with van der Waals surface area (Å²) in [7, 11) is 1.84. The molecular formula is C18H22BN4O7P. The van der Waals surface area contributed by atoms with Gasteiger partial charge in [-0.25, -0.2) is 9.36 Å². The Labute approximate surface area is 179 Å². The number of nitrogens with zero attached hydrogens (tertiary/aromatic N) is 3. The summed E-state index contributed by atoms with van der Waals surface area (Å²) in [5.41, 5.74) is 6.03. The highest BCUT2D eigenvalue weighted by molar-refractivity contribution is 7.48. The third kappa shape index (κ3) is 4.74. The third-order valence-corrected chi connectivity index (χ3v) is 6.72. The van der Waals surface area contributed by atoms with Crippen LogP contribution in [0.2, 0.25) is 0 Å². The Kier molecular flexibility index (Phi) is 6.29. The first kappa shape index (κ1) is 22.1. The molecule has 0 spiro atoms. The molecule has 0 aromatic carbocycles. The normalized spacial score (nSPS) is 33.4. The lowest BCUT2D eigenvalue weighted by molar-refractivity contribution is -0.0561. The second kappa shape index (κ2) is 8.81. The molecule has 0 bridgehead atoms. The lowest BCUT2D eigenvalue weighted by atomic mass is 9.95. The Hall–Kier alpha value is -2.08. The monoisotopic (exact) mass is 448 g/mol. The van der Waals surface area contributed by atoms with Crippen molar-refractivity contribution in [3.05, 3.63) is 46.8 Å². The number of nitrogen functional groups attached to an aromatic ring is 1. The highest BCUT2D eigenvalue weighted by Gasteiger charge is 2.45. The van der Waals surface area contributed by atoms with Crippen LogP contribution in [0.15, 0.2) is 35.5 Å². The van der Waals surface area contributed by atoms with E-state index in [1.807, 2.05) is 0 Å². The molecule has 0 amide bonds. The van der Waals surface area contributed by atoms with Gasteiger partial charge in [-0.2, -0.15) is 4.98 Å². The molecule has 31 heavy (non-hydrogen) atoms. The second-order valence-electron chi connectivity index (χ2n) is 7.47. The SMILES string of the molecule is [B]c1cncc(C2CCOP(=O)(OC[C@H]3O[C@@H](n4ccc(N)nc4=O)[C@@H](C)[C@@H]3O)O2)c1. The van der Waals surface area contributed by atoms with Crippen molar-refractivity contribution in [3.63, 3.8) is 0 Å². The molecule has 2 aromatic heterocycles. The summed E-state index contributed by atoms with van der Waals surface area (Å²) in [5, 5.41) is 10.5. The summed E-state index contributed by atoms with van der Waals surface area (Å²) in [6.45, 7) is 1.60. The van der Waals surface area contributed by atoms with Crippen molar-refractivity contribution in [1.29, 1.82) is 0 Å². The highest BCUT2D eigenvalue weighted by Crippen LogP contribution is 2.57. The third-order valence-electron chi connectivity index (χ3n) is 5.24. The topological polar surface area (TPSA) is 148 Å². The number of anilines is 1. The van der Waals surface area contributed by atoms with Crippen LogP contribution in [-0.2, 0) is 22.9 Å². The first-order valence-electron chi connectivity index (χ1n) is 9.72. The molecule has 164 valence electrons. The van der Waals surface area contributed by atoms with Crippen LogP contribution < -0.4 is 16.9 Å². The minimum absolute atomic E-state index is 0.0851. The fraction of sp³-hybridized carbons (Fsp3) is 0.500. The average molecular weight is 448 g/mol. The number of phosphoric ester groups is 1. The van der Waals surface area contributed by atoms with E-state index in [0.29, 0.717) is 17.4 Å². The van der Waals surface area contributed by atoms with E-state index in [4.69, 9.17) is 31.9 Å². The zero-order valence-corrected chi connectivity index (χ0v) is 17.6. The number of phosphoric acid groups is 1. The Morgan fingerprint density at radius 3 is 3.00 bits per heavy atom. The maximum atomic E-state index is 13.0. The molecule has 2 aromatic rings. The molecule has 2 radical (unpaired) electrons. The molecule has 3 N–H and O–H groups in total. The number of aliphatic hydroxyl groups excluding tert-OH is 1. The van der Waals surface area contributed by atoms with Gasteiger partial charge in [-0.3, -0.25) is 23.1 Å². The Bertz CT molecular complexity index is 1050. The van der Waals surface area contributed by atoms with E-state index < -0.39 is 44.0 Å². The van der Waals surface area contributed by atoms with Crippen LogP contribution in [0.5, 0.6) is 0 Å². The van der Waals surface area contributed by atoms with E-state index in [9.17, 15) is 14.5 Å². The predicted octanol–water partition coefficient (Wildman–Crippen LogP) is 0.212. The first-order valence-corrected chi connectivity index (χ1v) is 11.2. The van der Waals surface area contributed by atoms with Crippen molar-refractivity contribution in [2.24, 2.45) is 5.92 Å². The quantitative estimate of drug-likeness (QED) is 0.481. The van der Waals surface area contributed by atoms with Gasteiger partial charge in [-0.1, -0.05) is 18.5 Å². The molecule has 2 saturated heterocycles. The predicted molar refractivity (Wildman–Crippen MR) is 110 cm³/mol. The molecule has 2 unspecified atom stereocenters. The molecule has 2 aliphatic heterocycles. The smallest absolute Gasteiger partial charge is 0.390 e. The van der Waals surface area contributed by atoms with Gasteiger partial charge >= 0.3 is 13.5 Å². The number of aliphatic hydroxyl groups is 1. The summed E-state index contributed by atoms with van der Waals surface area (Å²) in [6, 6.07) is 3.14. The Morgan fingerprint density at radius 2 is 2.26 bits per heavy atom. The fourth-order valence-electron chi connectivity index (χ4n) is 3.59. The number of ether oxygens (including phenoxy) is 1. The summed E-state index contributed by atoms with van der Waals surface area (Å²) in [5.74, 6) is -0.376. The maximum Gasteiger partial charge on any atom is 0.475 e. The second-order valence-corrected chi connectivity index (χ2v) is 9.09. The molecular weight excluding hydrogens is 426 g/mol. The van der Waals surface area contributed by atoms with Crippen molar-refractivity contribution in [3.8, 4) is 0 Å². The van der Waals surface area contributed by atoms with E-state index in [2.05, 4.69) is 9.97 Å². The Balaban J connectivity index is 1.42. The van der Waals surface area contributed by atoms with Crippen molar-refractivity contribution in [2.75, 3.05) is 18.9 Å². The molecule has 13 heteroatoms. The maximum absolute atomic E-state index is 13.0. The van der Waals surface area contributed by atoms with Crippen LogP contribution in [0, 0.1) is 5.92 Å². The van der Waals surface area contributed by atoms with Crippen LogP contribution in [0.4, 0.5) is 5.82 Å². The van der Waals surface area contributed by atoms with Crippen molar-refractivity contribution < 1.29 is 28.0 Å². The molecule has 2 aliphatic rings. The number of nitrogens with two attached hydrogens (primary N) is 1. The molecule has 2 fully saturated rings. The number of rotatable bonds is 5. The van der Waals surface area contributed by atoms with Crippen LogP contribution >= 0.6 is 7.82 Å². The van der Waals surface area contributed by atoms with Gasteiger partial charge in [-0.15, -0.1) is 0 Å². The van der Waals surface area contributed by atoms with Gasteiger partial charge in [0.1, 0.15) is 26.0 Å². The van der Waals surface area contributed by atoms with Crippen LogP contribution in [0.25, 0.3) is 0 Å². The molecule has 6 atom stereocenters. The first-order chi connectivity index (χ1) is 14.8. The summed E-state index contributed by atoms with van der Waals surface area (Å²) < 4.78 is 36.3. The number of hydrogen-bond donors (Lipinski definition) is 2. The van der Waals surface area contributed by atoms with Gasteiger partial charge in [0, 0.05) is 30.9 Å². The van der Waals surface area contributed by atoms with E-state index in [1.54, 1.807) is 19.2 Å². The molecule has 4 rings (SSSR count). The van der Waals surface area contributed by atoms with E-state index in [-0.39, 0.29) is 19.0 Å². The van der Waals surface area contributed by atoms with Gasteiger partial charge in [-0.05, 0) is 11.6 Å². The summed E-state index contributed by atoms with van der Waals surface area (Å²) >= 11 is 0. The number of hydrogen-bond acceptors (Lipinski definition) is 10. The van der Waals surface area contributed by atoms with Crippen molar-refractivity contribution >= 4 is 26.9 Å². The van der Waals surface area contributed by atoms with Crippen LogP contribution in [0.1, 0.15) is 31.2 Å². The van der Waals surface area contributed by atoms with Crippen LogP contribution in [0.3, 0.4) is 0 Å². The van der Waals surface area contributed by atoms with Gasteiger partial charge in [0.05, 0.1) is 25.4 Å². The van der Waals surface area contributed by atoms with Crippen LogP contribution in [-0.4, -0.2) is 52.9 Å². The number of pyridine rings is 1. The highest BCUT2D eigenvalue weighted by atomic mass is 31.2. The van der Waals surface area contributed by atoms with Gasteiger partial charge in [0.25, 0.3) is 0 Å². The zero-order valence-electron chi connectivity index (χ0n) is 16.7. The van der Waals surface area contributed by atoms with E-state index in [1.165, 1.54) is 23.0 Å². The van der Waals surface area contributed by atoms with Gasteiger partial charge in [0.15, 0.2) is 0 Å². The average Bonchev–Trinajstić information content (AvgIpc) is 3.01. The lowest BCUT2D eigenvalue weighted by Crippen LogP contribution is -2.31. The molecule has 0 saturated carbocycles. The Morgan fingerprint density at radius 1 is 1.45 bits per heavy atom. The molecule has 4 heterocycles. The summed E-state index contributed by atoms with van der Waals surface area (Å²) in [4.78, 5) is 19.8. The fourth-order valence-corrected chi connectivity index (χ4v) is 4.98.